The van der Waals surface area contributed by atoms with E-state index in [0.717, 1.165) is 51.4 Å². The van der Waals surface area contributed by atoms with Crippen molar-refractivity contribution in [3.8, 4) is 0 Å². The number of allylic oxidation sites excluding steroid dienone is 4. The third-order valence-corrected chi connectivity index (χ3v) is 12.4. The van der Waals surface area contributed by atoms with E-state index in [1.54, 1.807) is 0 Å². The van der Waals surface area contributed by atoms with Crippen molar-refractivity contribution in [1.29, 1.82) is 0 Å². The third kappa shape index (κ3) is 41.9. The van der Waals surface area contributed by atoms with E-state index in [1.807, 2.05) is 0 Å². The van der Waals surface area contributed by atoms with Crippen molar-refractivity contribution in [2.45, 2.75) is 301 Å². The van der Waals surface area contributed by atoms with Crippen LogP contribution in [0.25, 0.3) is 0 Å². The Bertz CT molecular complexity index is 893. The average molecular weight is 834 g/mol. The Hall–Kier alpha value is -1.21. The lowest BCUT2D eigenvalue weighted by Crippen LogP contribution is -2.53. The summed E-state index contributed by atoms with van der Waals surface area (Å²) in [5.41, 5.74) is 0. The second-order valence-corrected chi connectivity index (χ2v) is 18.2. The number of hydrogen-bond donors (Lipinski definition) is 5. The molecule has 4 unspecified atom stereocenters. The topological polar surface area (TPSA) is 110 Å². The molecule has 0 aliphatic rings. The zero-order valence-corrected chi connectivity index (χ0v) is 39.5. The molecule has 0 bridgehead atoms. The largest absolute Gasteiger partial charge is 0.394 e. The minimum Gasteiger partial charge on any atom is -0.394 e. The fourth-order valence-electron chi connectivity index (χ4n) is 8.22. The number of carbonyl (C=O) groups is 1. The fourth-order valence-corrected chi connectivity index (χ4v) is 8.22. The van der Waals surface area contributed by atoms with Gasteiger partial charge in [0.25, 0.3) is 0 Å². The summed E-state index contributed by atoms with van der Waals surface area (Å²) in [6.07, 6.45) is 56.7. The number of carbonyl (C=O) groups excluding carboxylic acids is 1. The van der Waals surface area contributed by atoms with Crippen LogP contribution in [0.2, 0.25) is 0 Å². The summed E-state index contributed by atoms with van der Waals surface area (Å²) in [5.74, 6) is -0.599. The van der Waals surface area contributed by atoms with E-state index in [0.29, 0.717) is 12.8 Å². The van der Waals surface area contributed by atoms with E-state index in [4.69, 9.17) is 0 Å². The molecular formula is C53H103NO5. The molecule has 59 heavy (non-hydrogen) atoms. The molecule has 6 nitrogen and oxygen atoms in total. The molecule has 6 heteroatoms. The normalized spacial score (nSPS) is 14.1. The first-order chi connectivity index (χ1) is 29.0. The molecular weight excluding hydrogens is 731 g/mol. The minimum absolute atomic E-state index is 0.350. The van der Waals surface area contributed by atoms with Crippen molar-refractivity contribution in [3.63, 3.8) is 0 Å². The predicted octanol–water partition coefficient (Wildman–Crippen LogP) is 14.7. The first-order valence-corrected chi connectivity index (χ1v) is 26.2. The van der Waals surface area contributed by atoms with Gasteiger partial charge >= 0.3 is 0 Å². The van der Waals surface area contributed by atoms with Crippen molar-refractivity contribution in [2.75, 3.05) is 6.61 Å². The van der Waals surface area contributed by atoms with E-state index in [-0.39, 0.29) is 0 Å². The molecule has 0 saturated carbocycles. The number of aliphatic hydroxyl groups excluding tert-OH is 4. The molecule has 0 aliphatic carbocycles. The van der Waals surface area contributed by atoms with Gasteiger partial charge in [0.1, 0.15) is 12.2 Å². The SMILES string of the molecule is CCCCCCCCCCC/C=C\CCCCCCC(O)C(=O)NC(CO)C(O)C(O)CCC/C=C/CCCCCCCCCCCCCCCCCCCCCCC. The first-order valence-electron chi connectivity index (χ1n) is 26.2. The molecule has 0 aromatic carbocycles. The van der Waals surface area contributed by atoms with Crippen LogP contribution in [0.1, 0.15) is 277 Å². The van der Waals surface area contributed by atoms with Crippen molar-refractivity contribution in [2.24, 2.45) is 0 Å². The second kappa shape index (κ2) is 47.8. The molecule has 0 aromatic heterocycles. The smallest absolute Gasteiger partial charge is 0.249 e. The average Bonchev–Trinajstić information content (AvgIpc) is 3.24. The summed E-state index contributed by atoms with van der Waals surface area (Å²) in [7, 11) is 0. The van der Waals surface area contributed by atoms with Gasteiger partial charge in [0.2, 0.25) is 5.91 Å². The highest BCUT2D eigenvalue weighted by Gasteiger charge is 2.28. The highest BCUT2D eigenvalue weighted by molar-refractivity contribution is 5.80. The zero-order valence-electron chi connectivity index (χ0n) is 39.5. The predicted molar refractivity (Wildman–Crippen MR) is 256 cm³/mol. The zero-order chi connectivity index (χ0) is 43.1. The lowest BCUT2D eigenvalue weighted by Gasteiger charge is -2.27. The maximum absolute atomic E-state index is 12.5. The van der Waals surface area contributed by atoms with Gasteiger partial charge < -0.3 is 25.7 Å². The minimum atomic E-state index is -1.28. The molecule has 4 atom stereocenters. The number of amides is 1. The van der Waals surface area contributed by atoms with Gasteiger partial charge in [-0.2, -0.15) is 0 Å². The van der Waals surface area contributed by atoms with E-state index in [1.165, 1.54) is 199 Å². The number of unbranched alkanes of at least 4 members (excludes halogenated alkanes) is 35. The number of rotatable bonds is 48. The lowest BCUT2D eigenvalue weighted by molar-refractivity contribution is -0.132. The summed E-state index contributed by atoms with van der Waals surface area (Å²) in [6, 6.07) is -1.01. The maximum atomic E-state index is 12.5. The molecule has 0 spiro atoms. The fraction of sp³-hybridized carbons (Fsp3) is 0.906. The highest BCUT2D eigenvalue weighted by Crippen LogP contribution is 2.17. The molecule has 350 valence electrons. The Balaban J connectivity index is 3.68. The molecule has 1 amide bonds. The molecule has 0 fully saturated rings. The Morgan fingerprint density at radius 3 is 1.02 bits per heavy atom. The van der Waals surface area contributed by atoms with Crippen LogP contribution in [0.4, 0.5) is 0 Å². The van der Waals surface area contributed by atoms with Gasteiger partial charge in [-0.3, -0.25) is 4.79 Å². The Labute approximate surface area is 367 Å². The maximum Gasteiger partial charge on any atom is 0.249 e. The van der Waals surface area contributed by atoms with E-state index < -0.39 is 36.9 Å². The van der Waals surface area contributed by atoms with Gasteiger partial charge in [-0.05, 0) is 64.2 Å². The van der Waals surface area contributed by atoms with Crippen LogP contribution in [0.3, 0.4) is 0 Å². The molecule has 0 saturated heterocycles. The summed E-state index contributed by atoms with van der Waals surface area (Å²) in [5, 5.41) is 43.8. The highest BCUT2D eigenvalue weighted by atomic mass is 16.3. The molecule has 0 rings (SSSR count). The molecule has 0 aromatic rings. The first kappa shape index (κ1) is 57.8. The van der Waals surface area contributed by atoms with Crippen LogP contribution in [-0.4, -0.2) is 57.3 Å². The van der Waals surface area contributed by atoms with Crippen molar-refractivity contribution in [3.05, 3.63) is 24.3 Å². The number of nitrogens with one attached hydrogen (secondary N) is 1. The van der Waals surface area contributed by atoms with Gasteiger partial charge in [0, 0.05) is 0 Å². The number of aliphatic hydroxyl groups is 4. The van der Waals surface area contributed by atoms with Gasteiger partial charge in [-0.25, -0.2) is 0 Å². The van der Waals surface area contributed by atoms with Crippen LogP contribution < -0.4 is 5.32 Å². The van der Waals surface area contributed by atoms with Crippen LogP contribution in [-0.2, 0) is 4.79 Å². The van der Waals surface area contributed by atoms with Gasteiger partial charge in [0.05, 0.1) is 18.8 Å². The summed E-state index contributed by atoms with van der Waals surface area (Å²) in [4.78, 5) is 12.5. The van der Waals surface area contributed by atoms with Gasteiger partial charge in [0.15, 0.2) is 0 Å². The Kier molecular flexibility index (Phi) is 46.9. The van der Waals surface area contributed by atoms with Gasteiger partial charge in [-0.15, -0.1) is 0 Å². The van der Waals surface area contributed by atoms with Crippen LogP contribution in [0.15, 0.2) is 24.3 Å². The van der Waals surface area contributed by atoms with Crippen molar-refractivity contribution < 1.29 is 25.2 Å². The monoisotopic (exact) mass is 834 g/mol. The van der Waals surface area contributed by atoms with Crippen molar-refractivity contribution >= 4 is 5.91 Å². The number of hydrogen-bond acceptors (Lipinski definition) is 5. The Morgan fingerprint density at radius 1 is 0.407 bits per heavy atom. The quantitative estimate of drug-likeness (QED) is 0.0310. The second-order valence-electron chi connectivity index (χ2n) is 18.2. The summed E-state index contributed by atoms with van der Waals surface area (Å²) in [6.45, 7) is 4.06. The molecule has 5 N–H and O–H groups in total. The van der Waals surface area contributed by atoms with Crippen LogP contribution in [0, 0.1) is 0 Å². The van der Waals surface area contributed by atoms with Gasteiger partial charge in [-0.1, -0.05) is 237 Å². The standard InChI is InChI=1S/C53H103NO5/c1-3-5-7-9-11-13-15-17-19-21-22-23-24-25-26-27-28-29-31-32-34-36-38-40-42-44-46-50(56)52(58)49(48-55)54-53(59)51(57)47-45-43-41-39-37-35-33-30-20-18-16-14-12-10-8-6-4-2/h33,35,38,40,49-52,55-58H,3-32,34,36-37,39,41-48H2,1-2H3,(H,54,59)/b35-33-,40-38+. The van der Waals surface area contributed by atoms with Crippen LogP contribution in [0.5, 0.6) is 0 Å². The van der Waals surface area contributed by atoms with Crippen molar-refractivity contribution in [1.82, 2.24) is 5.32 Å². The molecule has 0 radical (unpaired) electrons. The summed E-state index contributed by atoms with van der Waals surface area (Å²) < 4.78 is 0. The van der Waals surface area contributed by atoms with E-state index in [9.17, 15) is 25.2 Å². The summed E-state index contributed by atoms with van der Waals surface area (Å²) >= 11 is 0. The van der Waals surface area contributed by atoms with Crippen LogP contribution >= 0.6 is 0 Å². The molecule has 0 heterocycles. The van der Waals surface area contributed by atoms with E-state index in [2.05, 4.69) is 43.5 Å². The molecule has 0 aliphatic heterocycles. The third-order valence-electron chi connectivity index (χ3n) is 12.4. The Morgan fingerprint density at radius 2 is 0.695 bits per heavy atom. The van der Waals surface area contributed by atoms with E-state index >= 15 is 0 Å². The lowest BCUT2D eigenvalue weighted by atomic mass is 10.00.